The molecule has 0 spiro atoms. The van der Waals surface area contributed by atoms with Crippen LogP contribution in [0.2, 0.25) is 0 Å². The highest BCUT2D eigenvalue weighted by Gasteiger charge is 2.44. The molecule has 0 aliphatic heterocycles. The highest BCUT2D eigenvalue weighted by molar-refractivity contribution is 7.90. The van der Waals surface area contributed by atoms with Crippen molar-refractivity contribution in [3.05, 3.63) is 175 Å². The second-order valence-electron chi connectivity index (χ2n) is 13.1. The van der Waals surface area contributed by atoms with E-state index < -0.39 is 15.4 Å². The van der Waals surface area contributed by atoms with Gasteiger partial charge in [-0.1, -0.05) is 109 Å². The standard InChI is InChI=1S/C43H33N5O2S2/c1-52(49,50)35-24-21-30(22-25-35)41-36(31-23-26-40-44-27-38(47(40)28-31)42-45-37-19-11-12-20-39(37)51-42)29-48(46-41)43(32-13-5-2-6-14-32,33-15-7-3-8-16-33)34-17-9-4-10-18-34/h2-17,19-29,34H,18H2,1H3. The van der Waals surface area contributed by atoms with Crippen molar-refractivity contribution in [2.45, 2.75) is 16.9 Å². The van der Waals surface area contributed by atoms with Crippen LogP contribution in [0.25, 0.3) is 48.9 Å². The fourth-order valence-electron chi connectivity index (χ4n) is 7.42. The Balaban J connectivity index is 1.30. The maximum absolute atomic E-state index is 12.5. The molecular weight excluding hydrogens is 683 g/mol. The molecule has 1 aliphatic carbocycles. The number of para-hydroxylation sites is 1. The molecule has 0 radical (unpaired) electrons. The third-order valence-corrected chi connectivity index (χ3v) is 12.1. The summed E-state index contributed by atoms with van der Waals surface area (Å²) < 4.78 is 30.3. The van der Waals surface area contributed by atoms with Crippen LogP contribution in [0.15, 0.2) is 169 Å². The second kappa shape index (κ2) is 12.7. The molecule has 9 heteroatoms. The lowest BCUT2D eigenvalue weighted by Gasteiger charge is -2.41. The molecule has 52 heavy (non-hydrogen) atoms. The van der Waals surface area contributed by atoms with Gasteiger partial charge in [0, 0.05) is 41.3 Å². The van der Waals surface area contributed by atoms with E-state index >= 15 is 0 Å². The Bertz CT molecular complexity index is 2670. The van der Waals surface area contributed by atoms with Gasteiger partial charge in [-0.05, 0) is 53.9 Å². The van der Waals surface area contributed by atoms with Gasteiger partial charge in [-0.15, -0.1) is 11.3 Å². The van der Waals surface area contributed by atoms with Crippen molar-refractivity contribution < 1.29 is 8.42 Å². The molecule has 1 aliphatic rings. The quantitative estimate of drug-likeness (QED) is 0.157. The van der Waals surface area contributed by atoms with E-state index in [9.17, 15) is 8.42 Å². The molecule has 7 nitrogen and oxygen atoms in total. The van der Waals surface area contributed by atoms with E-state index in [4.69, 9.17) is 15.1 Å². The fourth-order valence-corrected chi connectivity index (χ4v) is 9.03. The van der Waals surface area contributed by atoms with E-state index in [0.29, 0.717) is 0 Å². The third kappa shape index (κ3) is 5.41. The minimum Gasteiger partial charge on any atom is -0.297 e. The zero-order chi connectivity index (χ0) is 35.3. The first-order valence-electron chi connectivity index (χ1n) is 17.1. The van der Waals surface area contributed by atoms with Crippen molar-refractivity contribution in [2.24, 2.45) is 5.92 Å². The summed E-state index contributed by atoms with van der Waals surface area (Å²) in [6.07, 6.45) is 16.9. The van der Waals surface area contributed by atoms with E-state index in [1.54, 1.807) is 23.5 Å². The normalized spacial score (nSPS) is 14.8. The predicted molar refractivity (Wildman–Crippen MR) is 209 cm³/mol. The highest BCUT2D eigenvalue weighted by atomic mass is 32.2. The Labute approximate surface area is 305 Å². The first-order chi connectivity index (χ1) is 25.4. The van der Waals surface area contributed by atoms with Gasteiger partial charge in [-0.3, -0.25) is 9.08 Å². The van der Waals surface area contributed by atoms with E-state index in [2.05, 4.69) is 106 Å². The van der Waals surface area contributed by atoms with Crippen molar-refractivity contribution in [1.29, 1.82) is 0 Å². The lowest BCUT2D eigenvalue weighted by molar-refractivity contribution is 0.293. The van der Waals surface area contributed by atoms with Gasteiger partial charge in [0.05, 0.1) is 21.3 Å². The molecule has 4 aromatic heterocycles. The molecule has 0 amide bonds. The Morgan fingerprint density at radius 2 is 1.46 bits per heavy atom. The van der Waals surface area contributed by atoms with Crippen LogP contribution in [0.1, 0.15) is 17.5 Å². The van der Waals surface area contributed by atoms with Crippen LogP contribution in [-0.2, 0) is 15.4 Å². The molecule has 0 bridgehead atoms. The molecule has 9 rings (SSSR count). The van der Waals surface area contributed by atoms with Crippen LogP contribution >= 0.6 is 11.3 Å². The van der Waals surface area contributed by atoms with Gasteiger partial charge in [0.15, 0.2) is 9.84 Å². The van der Waals surface area contributed by atoms with Crippen LogP contribution in [-0.4, -0.2) is 38.8 Å². The molecule has 0 fully saturated rings. The molecule has 0 saturated heterocycles. The zero-order valence-electron chi connectivity index (χ0n) is 28.2. The van der Waals surface area contributed by atoms with E-state index in [-0.39, 0.29) is 10.8 Å². The third-order valence-electron chi connectivity index (χ3n) is 9.91. The van der Waals surface area contributed by atoms with Gasteiger partial charge in [-0.25, -0.2) is 18.4 Å². The van der Waals surface area contributed by atoms with Crippen LogP contribution in [0.3, 0.4) is 0 Å². The largest absolute Gasteiger partial charge is 0.297 e. The zero-order valence-corrected chi connectivity index (χ0v) is 29.9. The van der Waals surface area contributed by atoms with Crippen molar-refractivity contribution in [1.82, 2.24) is 24.1 Å². The summed E-state index contributed by atoms with van der Waals surface area (Å²) >= 11 is 1.64. The van der Waals surface area contributed by atoms with Crippen molar-refractivity contribution in [2.75, 3.05) is 6.26 Å². The molecule has 0 saturated carbocycles. The Kier molecular flexibility index (Phi) is 7.83. The number of allylic oxidation sites excluding steroid dienone is 4. The number of rotatable bonds is 8. The first-order valence-corrected chi connectivity index (χ1v) is 19.8. The summed E-state index contributed by atoms with van der Waals surface area (Å²) in [6, 6.07) is 40.4. The minimum atomic E-state index is -3.38. The van der Waals surface area contributed by atoms with Crippen molar-refractivity contribution >= 4 is 37.0 Å². The molecule has 4 heterocycles. The monoisotopic (exact) mass is 715 g/mol. The fraction of sp³-hybridized carbons (Fsp3) is 0.0930. The lowest BCUT2D eigenvalue weighted by Crippen LogP contribution is -2.43. The number of benzene rings is 4. The van der Waals surface area contributed by atoms with Gasteiger partial charge in [-0.2, -0.15) is 5.10 Å². The average Bonchev–Trinajstić information content (AvgIpc) is 3.93. The number of nitrogens with zero attached hydrogens (tertiary/aromatic N) is 5. The molecule has 0 N–H and O–H groups in total. The number of pyridine rings is 1. The molecule has 1 unspecified atom stereocenters. The minimum absolute atomic E-state index is 0.0391. The van der Waals surface area contributed by atoms with Crippen LogP contribution in [0.5, 0.6) is 0 Å². The Morgan fingerprint density at radius 1 is 0.769 bits per heavy atom. The average molecular weight is 716 g/mol. The van der Waals surface area contributed by atoms with E-state index in [0.717, 1.165) is 66.5 Å². The van der Waals surface area contributed by atoms with Gasteiger partial charge in [0.25, 0.3) is 0 Å². The number of fused-ring (bicyclic) bond motifs is 2. The number of thiazole rings is 1. The second-order valence-corrected chi connectivity index (χ2v) is 16.1. The molecule has 4 aromatic carbocycles. The van der Waals surface area contributed by atoms with Crippen LogP contribution in [0.4, 0.5) is 0 Å². The van der Waals surface area contributed by atoms with Crippen molar-refractivity contribution in [3.63, 3.8) is 0 Å². The van der Waals surface area contributed by atoms with Crippen LogP contribution < -0.4 is 0 Å². The Morgan fingerprint density at radius 3 is 2.13 bits per heavy atom. The summed E-state index contributed by atoms with van der Waals surface area (Å²) in [6.45, 7) is 0. The number of hydrogen-bond donors (Lipinski definition) is 0. The predicted octanol–water partition coefficient (Wildman–Crippen LogP) is 9.47. The summed E-state index contributed by atoms with van der Waals surface area (Å²) in [4.78, 5) is 9.94. The molecule has 8 aromatic rings. The first kappa shape index (κ1) is 32.0. The number of imidazole rings is 1. The summed E-state index contributed by atoms with van der Waals surface area (Å²) in [5, 5.41) is 6.39. The van der Waals surface area contributed by atoms with Crippen LogP contribution in [0, 0.1) is 5.92 Å². The van der Waals surface area contributed by atoms with E-state index in [1.165, 1.54) is 6.26 Å². The maximum Gasteiger partial charge on any atom is 0.175 e. The van der Waals surface area contributed by atoms with Gasteiger partial charge >= 0.3 is 0 Å². The number of aromatic nitrogens is 5. The molecule has 1 atom stereocenters. The number of hydrogen-bond acceptors (Lipinski definition) is 6. The summed E-state index contributed by atoms with van der Waals surface area (Å²) in [5.41, 5.74) is 7.59. The summed E-state index contributed by atoms with van der Waals surface area (Å²) in [7, 11) is -3.38. The van der Waals surface area contributed by atoms with Gasteiger partial charge in [0.1, 0.15) is 27.6 Å². The van der Waals surface area contributed by atoms with Gasteiger partial charge < -0.3 is 0 Å². The molecule has 254 valence electrons. The Hall–Kier alpha value is -5.90. The van der Waals surface area contributed by atoms with E-state index in [1.807, 2.05) is 54.7 Å². The number of sulfone groups is 1. The SMILES string of the molecule is CS(=O)(=O)c1ccc(-c2nn(C(c3ccccc3)(c3ccccc3)C3C=CC=CC3)cc2-c2ccc3ncc(-c4nc5ccccc5s4)n3c2)cc1. The van der Waals surface area contributed by atoms with Crippen molar-refractivity contribution in [3.8, 4) is 33.1 Å². The smallest absolute Gasteiger partial charge is 0.175 e. The van der Waals surface area contributed by atoms with Gasteiger partial charge in [0.2, 0.25) is 0 Å². The summed E-state index contributed by atoms with van der Waals surface area (Å²) in [5.74, 6) is 0.0391. The highest BCUT2D eigenvalue weighted by Crippen LogP contribution is 2.46. The maximum atomic E-state index is 12.5. The molecular formula is C43H33N5O2S2. The topological polar surface area (TPSA) is 82.1 Å². The lowest BCUT2D eigenvalue weighted by atomic mass is 9.70.